The van der Waals surface area contributed by atoms with Gasteiger partial charge in [-0.2, -0.15) is 0 Å². The molecular formula is C10H19N3. The predicted octanol–water partition coefficient (Wildman–Crippen LogP) is 2.17. The van der Waals surface area contributed by atoms with E-state index in [9.17, 15) is 0 Å². The maximum Gasteiger partial charge on any atom is 0.126 e. The van der Waals surface area contributed by atoms with Gasteiger partial charge in [-0.15, -0.1) is 0 Å². The van der Waals surface area contributed by atoms with Crippen LogP contribution in [0, 0.1) is 17.2 Å². The number of nitrogens with one attached hydrogen (secondary N) is 1. The highest BCUT2D eigenvalue weighted by Gasteiger charge is 2.35. The lowest BCUT2D eigenvalue weighted by Crippen LogP contribution is -2.28. The molecule has 13 heavy (non-hydrogen) atoms. The van der Waals surface area contributed by atoms with Crippen molar-refractivity contribution in [3.63, 3.8) is 0 Å². The summed E-state index contributed by atoms with van der Waals surface area (Å²) in [6.45, 7) is 4.00. The van der Waals surface area contributed by atoms with Crippen LogP contribution in [0.3, 0.4) is 0 Å². The standard InChI is InChI=1S/C8H13N3.C2H6/c9-7-5-3-1-2-4-6(5)8(10)11-7;1-2/h5-6H,1-4H2,(H3,9,10,11);1-2H3/t5-,6?;/m0./s1. The largest absolute Gasteiger partial charge is 0.387 e. The van der Waals surface area contributed by atoms with Gasteiger partial charge in [-0.1, -0.05) is 26.7 Å². The van der Waals surface area contributed by atoms with Crippen molar-refractivity contribution in [1.29, 1.82) is 5.41 Å². The van der Waals surface area contributed by atoms with Crippen molar-refractivity contribution in [2.75, 3.05) is 0 Å². The van der Waals surface area contributed by atoms with Gasteiger partial charge >= 0.3 is 0 Å². The van der Waals surface area contributed by atoms with Crippen molar-refractivity contribution in [2.24, 2.45) is 22.6 Å². The highest BCUT2D eigenvalue weighted by atomic mass is 15.0. The summed E-state index contributed by atoms with van der Waals surface area (Å²) in [5.74, 6) is 2.01. The van der Waals surface area contributed by atoms with Crippen LogP contribution in [-0.2, 0) is 0 Å². The molecule has 1 aliphatic heterocycles. The molecule has 2 atom stereocenters. The van der Waals surface area contributed by atoms with E-state index in [0.29, 0.717) is 23.5 Å². The SMILES string of the molecule is CC.N=C1N=C(N)C2CCCC[C@H]12. The number of amidine groups is 2. The van der Waals surface area contributed by atoms with Crippen molar-refractivity contribution < 1.29 is 0 Å². The second-order valence-corrected chi connectivity index (χ2v) is 3.42. The zero-order chi connectivity index (χ0) is 9.84. The number of hydrogen-bond acceptors (Lipinski definition) is 2. The Balaban J connectivity index is 0.000000396. The van der Waals surface area contributed by atoms with Crippen LogP contribution in [0.4, 0.5) is 0 Å². The normalized spacial score (nSPS) is 31.5. The summed E-state index contributed by atoms with van der Waals surface area (Å²) in [5, 5.41) is 7.54. The summed E-state index contributed by atoms with van der Waals surface area (Å²) in [6.07, 6.45) is 4.76. The molecule has 1 heterocycles. The van der Waals surface area contributed by atoms with E-state index in [2.05, 4.69) is 4.99 Å². The van der Waals surface area contributed by atoms with Gasteiger partial charge in [0.2, 0.25) is 0 Å². The van der Waals surface area contributed by atoms with Crippen LogP contribution in [0.1, 0.15) is 39.5 Å². The third-order valence-electron chi connectivity index (χ3n) is 2.75. The average molecular weight is 181 g/mol. The van der Waals surface area contributed by atoms with E-state index >= 15 is 0 Å². The Kier molecular flexibility index (Phi) is 3.46. The lowest BCUT2D eigenvalue weighted by molar-refractivity contribution is 0.382. The third kappa shape index (κ3) is 1.90. The summed E-state index contributed by atoms with van der Waals surface area (Å²) in [5.41, 5.74) is 5.69. The molecule has 0 radical (unpaired) electrons. The Hall–Kier alpha value is -0.860. The number of aliphatic imine (C=N–C) groups is 1. The van der Waals surface area contributed by atoms with Crippen LogP contribution in [0.15, 0.2) is 4.99 Å². The maximum atomic E-state index is 7.54. The van der Waals surface area contributed by atoms with E-state index in [1.807, 2.05) is 13.8 Å². The molecule has 1 saturated carbocycles. The first-order valence-electron chi connectivity index (χ1n) is 5.21. The number of nitrogens with zero attached hydrogens (tertiary/aromatic N) is 1. The Labute approximate surface area is 79.9 Å². The zero-order valence-corrected chi connectivity index (χ0v) is 8.51. The van der Waals surface area contributed by atoms with E-state index in [-0.39, 0.29) is 0 Å². The molecule has 74 valence electrons. The smallest absolute Gasteiger partial charge is 0.126 e. The maximum absolute atomic E-state index is 7.54. The molecule has 0 bridgehead atoms. The Bertz CT molecular complexity index is 220. The molecule has 3 nitrogen and oxygen atoms in total. The third-order valence-corrected chi connectivity index (χ3v) is 2.75. The van der Waals surface area contributed by atoms with E-state index in [1.54, 1.807) is 0 Å². The molecule has 2 rings (SSSR count). The van der Waals surface area contributed by atoms with Gasteiger partial charge in [-0.25, -0.2) is 4.99 Å². The summed E-state index contributed by atoms with van der Waals surface area (Å²) in [4.78, 5) is 4.01. The van der Waals surface area contributed by atoms with Gasteiger partial charge in [0.25, 0.3) is 0 Å². The van der Waals surface area contributed by atoms with Crippen molar-refractivity contribution in [2.45, 2.75) is 39.5 Å². The highest BCUT2D eigenvalue weighted by Crippen LogP contribution is 2.34. The first-order valence-corrected chi connectivity index (χ1v) is 5.21. The molecule has 3 N–H and O–H groups in total. The molecule has 0 aromatic rings. The van der Waals surface area contributed by atoms with Crippen LogP contribution in [0.5, 0.6) is 0 Å². The van der Waals surface area contributed by atoms with Gasteiger partial charge in [0.1, 0.15) is 11.7 Å². The monoisotopic (exact) mass is 181 g/mol. The number of nitrogens with two attached hydrogens (primary N) is 1. The lowest BCUT2D eigenvalue weighted by atomic mass is 9.80. The van der Waals surface area contributed by atoms with Gasteiger partial charge in [0.15, 0.2) is 0 Å². The molecule has 0 spiro atoms. The summed E-state index contributed by atoms with van der Waals surface area (Å²) in [7, 11) is 0. The summed E-state index contributed by atoms with van der Waals surface area (Å²) < 4.78 is 0. The highest BCUT2D eigenvalue weighted by molar-refractivity contribution is 6.04. The lowest BCUT2D eigenvalue weighted by Gasteiger charge is -2.23. The molecule has 0 aromatic carbocycles. The van der Waals surface area contributed by atoms with Gasteiger partial charge in [-0.3, -0.25) is 5.41 Å². The minimum absolute atomic E-state index is 0.365. The zero-order valence-electron chi connectivity index (χ0n) is 8.51. The van der Waals surface area contributed by atoms with Crippen LogP contribution in [0.25, 0.3) is 0 Å². The Morgan fingerprint density at radius 2 is 1.77 bits per heavy atom. The molecule has 2 aliphatic rings. The molecule has 0 saturated heterocycles. The van der Waals surface area contributed by atoms with Crippen LogP contribution < -0.4 is 5.73 Å². The number of fused-ring (bicyclic) bond motifs is 1. The predicted molar refractivity (Wildman–Crippen MR) is 56.1 cm³/mol. The summed E-state index contributed by atoms with van der Waals surface area (Å²) >= 11 is 0. The topological polar surface area (TPSA) is 62.2 Å². The first kappa shape index (κ1) is 10.2. The summed E-state index contributed by atoms with van der Waals surface area (Å²) in [6, 6.07) is 0. The van der Waals surface area contributed by atoms with E-state index in [1.165, 1.54) is 12.8 Å². The molecule has 3 heteroatoms. The molecule has 0 aromatic heterocycles. The Morgan fingerprint density at radius 3 is 2.31 bits per heavy atom. The van der Waals surface area contributed by atoms with E-state index < -0.39 is 0 Å². The average Bonchev–Trinajstić information content (AvgIpc) is 2.47. The minimum Gasteiger partial charge on any atom is -0.387 e. The van der Waals surface area contributed by atoms with Gasteiger partial charge in [0.05, 0.1) is 0 Å². The number of rotatable bonds is 0. The van der Waals surface area contributed by atoms with E-state index in [0.717, 1.165) is 12.8 Å². The van der Waals surface area contributed by atoms with Crippen LogP contribution in [0.2, 0.25) is 0 Å². The molecular weight excluding hydrogens is 162 g/mol. The van der Waals surface area contributed by atoms with Crippen molar-refractivity contribution in [3.8, 4) is 0 Å². The fraction of sp³-hybridized carbons (Fsp3) is 0.800. The van der Waals surface area contributed by atoms with Crippen molar-refractivity contribution in [3.05, 3.63) is 0 Å². The van der Waals surface area contributed by atoms with E-state index in [4.69, 9.17) is 11.1 Å². The molecule has 0 amide bonds. The molecule has 1 fully saturated rings. The first-order chi connectivity index (χ1) is 6.29. The van der Waals surface area contributed by atoms with Crippen molar-refractivity contribution >= 4 is 11.7 Å². The van der Waals surface area contributed by atoms with Gasteiger partial charge < -0.3 is 5.73 Å². The quantitative estimate of drug-likeness (QED) is 0.591. The van der Waals surface area contributed by atoms with Crippen LogP contribution >= 0.6 is 0 Å². The van der Waals surface area contributed by atoms with Crippen LogP contribution in [-0.4, -0.2) is 11.7 Å². The Morgan fingerprint density at radius 1 is 1.23 bits per heavy atom. The molecule has 1 unspecified atom stereocenters. The fourth-order valence-corrected chi connectivity index (χ4v) is 2.12. The fourth-order valence-electron chi connectivity index (χ4n) is 2.12. The van der Waals surface area contributed by atoms with Gasteiger partial charge in [0, 0.05) is 11.8 Å². The van der Waals surface area contributed by atoms with Gasteiger partial charge in [-0.05, 0) is 12.8 Å². The number of hydrogen-bond donors (Lipinski definition) is 2. The minimum atomic E-state index is 0.365. The second kappa shape index (κ2) is 4.40. The van der Waals surface area contributed by atoms with Crippen molar-refractivity contribution in [1.82, 2.24) is 0 Å². The molecule has 1 aliphatic carbocycles. The second-order valence-electron chi connectivity index (χ2n) is 3.42.